The Balaban J connectivity index is 0.000000592. The smallest absolute Gasteiger partial charge is 0.481 e. The second-order valence-corrected chi connectivity index (χ2v) is 7.98. The fourth-order valence-electron chi connectivity index (χ4n) is 1.89. The van der Waals surface area contributed by atoms with Gasteiger partial charge >= 0.3 is 24.1 Å². The van der Waals surface area contributed by atoms with Gasteiger partial charge in [-0.15, -0.1) is 11.3 Å². The molecular weight excluding hydrogens is 509 g/mol. The molecule has 168 valence electrons. The van der Waals surface area contributed by atoms with E-state index in [1.54, 1.807) is 37.3 Å². The number of hydrogen-bond donors (Lipinski definition) is 4. The van der Waals surface area contributed by atoms with Crippen molar-refractivity contribution in [1.29, 1.82) is 5.41 Å². The number of thiophene rings is 1. The van der Waals surface area contributed by atoms with E-state index >= 15 is 0 Å². The Kier molecular flexibility index (Phi) is 9.19. The number of halogens is 4. The zero-order chi connectivity index (χ0) is 23.9. The third-order valence-electron chi connectivity index (χ3n) is 3.48. The molecular formula is C18H16BrF3N2O6S. The quantitative estimate of drug-likeness (QED) is 0.193. The van der Waals surface area contributed by atoms with Gasteiger partial charge < -0.3 is 20.7 Å². The number of nitrogens with two attached hydrogens (primary N) is 1. The summed E-state index contributed by atoms with van der Waals surface area (Å²) in [4.78, 5) is 33.2. The number of aliphatic carboxylic acids is 2. The number of hydrogen-bond acceptors (Lipinski definition) is 6. The molecule has 0 aliphatic carbocycles. The average Bonchev–Trinajstić information content (AvgIpc) is 3.11. The third kappa shape index (κ3) is 8.38. The average molecular weight is 525 g/mol. The van der Waals surface area contributed by atoms with Crippen molar-refractivity contribution < 1.29 is 42.5 Å². The Hall–Kier alpha value is -2.93. The number of carbonyl (C=O) groups excluding carboxylic acids is 1. The van der Waals surface area contributed by atoms with E-state index in [2.05, 4.69) is 15.9 Å². The molecule has 1 heterocycles. The number of carbonyl (C=O) groups is 3. The van der Waals surface area contributed by atoms with E-state index in [4.69, 9.17) is 30.9 Å². The number of nitrogen functional groups attached to an aromatic ring is 1. The van der Waals surface area contributed by atoms with E-state index in [0.717, 1.165) is 4.88 Å². The molecule has 1 unspecified atom stereocenters. The molecule has 0 saturated carbocycles. The summed E-state index contributed by atoms with van der Waals surface area (Å²) in [5, 5.41) is 23.4. The minimum Gasteiger partial charge on any atom is -0.481 e. The Morgan fingerprint density at radius 1 is 1.23 bits per heavy atom. The number of alkyl halides is 3. The van der Waals surface area contributed by atoms with Gasteiger partial charge in [-0.05, 0) is 52.7 Å². The van der Waals surface area contributed by atoms with Gasteiger partial charge in [-0.1, -0.05) is 6.92 Å². The summed E-state index contributed by atoms with van der Waals surface area (Å²) in [6, 6.07) is 8.09. The van der Waals surface area contributed by atoms with Crippen LogP contribution < -0.4 is 10.5 Å². The maximum absolute atomic E-state index is 12.2. The van der Waals surface area contributed by atoms with Crippen LogP contribution in [0, 0.1) is 11.3 Å². The molecule has 13 heteroatoms. The summed E-state index contributed by atoms with van der Waals surface area (Å²) >= 11 is 4.49. The highest BCUT2D eigenvalue weighted by atomic mass is 79.9. The van der Waals surface area contributed by atoms with Crippen LogP contribution in [0.4, 0.5) is 13.2 Å². The zero-order valence-corrected chi connectivity index (χ0v) is 18.1. The van der Waals surface area contributed by atoms with Crippen molar-refractivity contribution in [3.05, 3.63) is 50.1 Å². The Labute approximate surface area is 186 Å². The molecule has 8 nitrogen and oxygen atoms in total. The molecule has 2 aromatic rings. The van der Waals surface area contributed by atoms with E-state index < -0.39 is 30.0 Å². The maximum atomic E-state index is 12.2. The van der Waals surface area contributed by atoms with Crippen LogP contribution >= 0.6 is 27.3 Å². The van der Waals surface area contributed by atoms with Crippen molar-refractivity contribution >= 4 is 51.0 Å². The molecule has 0 fully saturated rings. The first-order valence-corrected chi connectivity index (χ1v) is 9.81. The lowest BCUT2D eigenvalue weighted by atomic mass is 10.1. The van der Waals surface area contributed by atoms with Crippen molar-refractivity contribution in [2.45, 2.75) is 19.5 Å². The van der Waals surface area contributed by atoms with Crippen molar-refractivity contribution in [2.24, 2.45) is 11.7 Å². The molecule has 1 aromatic carbocycles. The highest BCUT2D eigenvalue weighted by Crippen LogP contribution is 2.28. The van der Waals surface area contributed by atoms with Gasteiger partial charge in [-0.25, -0.2) is 9.59 Å². The second-order valence-electron chi connectivity index (χ2n) is 5.96. The molecule has 0 aliphatic rings. The van der Waals surface area contributed by atoms with E-state index in [-0.39, 0.29) is 5.84 Å². The van der Waals surface area contributed by atoms with Crippen molar-refractivity contribution in [3.63, 3.8) is 0 Å². The minimum absolute atomic E-state index is 0.0796. The maximum Gasteiger partial charge on any atom is 0.490 e. The van der Waals surface area contributed by atoms with Gasteiger partial charge in [0.25, 0.3) is 0 Å². The van der Waals surface area contributed by atoms with Crippen LogP contribution in [0.1, 0.15) is 27.0 Å². The predicted molar refractivity (Wildman–Crippen MR) is 109 cm³/mol. The summed E-state index contributed by atoms with van der Waals surface area (Å²) in [7, 11) is 0. The fraction of sp³-hybridized carbons (Fsp3) is 0.222. The first-order chi connectivity index (χ1) is 14.2. The van der Waals surface area contributed by atoms with Gasteiger partial charge in [-0.2, -0.15) is 13.2 Å². The van der Waals surface area contributed by atoms with Gasteiger partial charge in [0.05, 0.1) is 10.4 Å². The molecule has 0 amide bonds. The summed E-state index contributed by atoms with van der Waals surface area (Å²) in [6.45, 7) is 1.62. The van der Waals surface area contributed by atoms with Crippen LogP contribution in [0.15, 0.2) is 34.8 Å². The van der Waals surface area contributed by atoms with E-state index in [1.807, 2.05) is 0 Å². The largest absolute Gasteiger partial charge is 0.490 e. The summed E-state index contributed by atoms with van der Waals surface area (Å²) in [5.74, 6) is -4.43. The SMILES string of the molecule is CC(Cc1ccc(C(=O)Oc2ccc(C(=N)N)cc2Br)s1)C(=O)O.O=C(O)C(F)(F)F. The van der Waals surface area contributed by atoms with Crippen LogP contribution in [0.3, 0.4) is 0 Å². The topological polar surface area (TPSA) is 151 Å². The standard InChI is InChI=1S/C16H15BrN2O4S.C2HF3O2/c1-8(15(20)21)6-10-3-5-13(24-10)16(22)23-12-4-2-9(14(18)19)7-11(12)17;3-2(4,5)1(6)7/h2-5,7-8H,6H2,1H3,(H3,18,19)(H,20,21);(H,6,7). The normalized spacial score (nSPS) is 11.6. The number of amidine groups is 1. The zero-order valence-electron chi connectivity index (χ0n) is 15.7. The molecule has 31 heavy (non-hydrogen) atoms. The molecule has 5 N–H and O–H groups in total. The summed E-state index contributed by atoms with van der Waals surface area (Å²) < 4.78 is 37.6. The molecule has 0 aliphatic heterocycles. The highest BCUT2D eigenvalue weighted by Gasteiger charge is 2.38. The predicted octanol–water partition coefficient (Wildman–Crippen LogP) is 3.91. The Bertz CT molecular complexity index is 993. The van der Waals surface area contributed by atoms with Gasteiger partial charge in [0.15, 0.2) is 0 Å². The Morgan fingerprint density at radius 3 is 2.26 bits per heavy atom. The van der Waals surface area contributed by atoms with Gasteiger partial charge in [-0.3, -0.25) is 10.2 Å². The van der Waals surface area contributed by atoms with Crippen LogP contribution in [-0.4, -0.2) is 40.1 Å². The first-order valence-electron chi connectivity index (χ1n) is 8.20. The minimum atomic E-state index is -5.08. The highest BCUT2D eigenvalue weighted by molar-refractivity contribution is 9.10. The fourth-order valence-corrected chi connectivity index (χ4v) is 3.36. The first kappa shape index (κ1) is 26.1. The third-order valence-corrected chi connectivity index (χ3v) is 5.19. The van der Waals surface area contributed by atoms with Crippen molar-refractivity contribution in [1.82, 2.24) is 0 Å². The Morgan fingerprint density at radius 2 is 1.81 bits per heavy atom. The molecule has 2 rings (SSSR count). The monoisotopic (exact) mass is 524 g/mol. The number of esters is 1. The van der Waals surface area contributed by atoms with Crippen molar-refractivity contribution in [2.75, 3.05) is 0 Å². The molecule has 1 atom stereocenters. The van der Waals surface area contributed by atoms with Gasteiger partial charge in [0, 0.05) is 10.4 Å². The van der Waals surface area contributed by atoms with Crippen LogP contribution in [0.25, 0.3) is 0 Å². The number of nitrogens with one attached hydrogen (secondary N) is 1. The lowest BCUT2D eigenvalue weighted by Gasteiger charge is -2.07. The van der Waals surface area contributed by atoms with Crippen LogP contribution in [0.2, 0.25) is 0 Å². The summed E-state index contributed by atoms with van der Waals surface area (Å²) in [6.07, 6.45) is -4.72. The molecule has 0 radical (unpaired) electrons. The number of carboxylic acid groups (broad SMARTS) is 2. The van der Waals surface area contributed by atoms with Crippen LogP contribution in [0.5, 0.6) is 5.75 Å². The number of carboxylic acids is 2. The van der Waals surface area contributed by atoms with Crippen molar-refractivity contribution in [3.8, 4) is 5.75 Å². The lowest BCUT2D eigenvalue weighted by Crippen LogP contribution is -2.21. The van der Waals surface area contributed by atoms with Crippen LogP contribution in [-0.2, 0) is 16.0 Å². The van der Waals surface area contributed by atoms with Gasteiger partial charge in [0.1, 0.15) is 16.5 Å². The number of benzene rings is 1. The lowest BCUT2D eigenvalue weighted by molar-refractivity contribution is -0.192. The molecule has 0 bridgehead atoms. The molecule has 0 spiro atoms. The number of ether oxygens (including phenoxy) is 1. The second kappa shape index (κ2) is 10.9. The van der Waals surface area contributed by atoms with Gasteiger partial charge in [0.2, 0.25) is 0 Å². The number of rotatable bonds is 6. The molecule has 1 aromatic heterocycles. The molecule has 0 saturated heterocycles. The van der Waals surface area contributed by atoms with E-state index in [9.17, 15) is 22.8 Å². The summed E-state index contributed by atoms with van der Waals surface area (Å²) in [5.41, 5.74) is 5.92. The van der Waals surface area contributed by atoms with E-state index in [0.29, 0.717) is 27.1 Å². The van der Waals surface area contributed by atoms with E-state index in [1.165, 1.54) is 11.3 Å².